The van der Waals surface area contributed by atoms with Gasteiger partial charge in [-0.1, -0.05) is 140 Å². The molecule has 2 atom stereocenters. The van der Waals surface area contributed by atoms with Crippen LogP contribution in [-0.4, -0.2) is 6.85 Å². The Balaban J connectivity index is 1.20. The van der Waals surface area contributed by atoms with Gasteiger partial charge in [0.2, 0.25) is 0 Å². The van der Waals surface area contributed by atoms with Gasteiger partial charge < -0.3 is 9.71 Å². The van der Waals surface area contributed by atoms with E-state index in [2.05, 4.69) is 174 Å². The average Bonchev–Trinajstić information content (AvgIpc) is 3.72. The molecule has 0 bridgehead atoms. The van der Waals surface area contributed by atoms with Crippen LogP contribution < -0.4 is 20.6 Å². The molecule has 4 aliphatic rings. The highest BCUT2D eigenvalue weighted by Gasteiger charge is 2.54. The van der Waals surface area contributed by atoms with Gasteiger partial charge in [0.25, 0.3) is 0 Å². The maximum absolute atomic E-state index is 2.73. The molecule has 0 saturated heterocycles. The van der Waals surface area contributed by atoms with Crippen molar-refractivity contribution in [3.05, 3.63) is 175 Å². The van der Waals surface area contributed by atoms with Crippen LogP contribution in [0.4, 0.5) is 22.7 Å². The van der Waals surface area contributed by atoms with E-state index in [9.17, 15) is 0 Å². The number of hydrogen-bond donors (Lipinski definition) is 0. The fourth-order valence-corrected chi connectivity index (χ4v) is 11.0. The van der Waals surface area contributed by atoms with Crippen molar-refractivity contribution < 1.29 is 0 Å². The van der Waals surface area contributed by atoms with E-state index in [1.165, 1.54) is 93.5 Å². The van der Waals surface area contributed by atoms with Crippen molar-refractivity contribution in [2.24, 2.45) is 0 Å². The predicted molar refractivity (Wildman–Crippen MR) is 212 cm³/mol. The molecule has 2 nitrogen and oxygen atoms in total. The second-order valence-corrected chi connectivity index (χ2v) is 15.1. The summed E-state index contributed by atoms with van der Waals surface area (Å²) < 4.78 is 0. The zero-order valence-corrected chi connectivity index (χ0v) is 27.9. The molecule has 4 heteroatoms. The topological polar surface area (TPSA) is 6.48 Å². The minimum atomic E-state index is 0.00996. The lowest BCUT2D eigenvalue weighted by atomic mass is 9.43. The molecule has 0 N–H and O–H groups in total. The van der Waals surface area contributed by atoms with Crippen LogP contribution in [0.1, 0.15) is 22.4 Å². The molecule has 4 heterocycles. The summed E-state index contributed by atoms with van der Waals surface area (Å²) >= 11 is 2.04. The number of anilines is 4. The molecule has 0 aliphatic carbocycles. The van der Waals surface area contributed by atoms with Crippen LogP contribution in [0.2, 0.25) is 0 Å². The summed E-state index contributed by atoms with van der Waals surface area (Å²) in [5.41, 5.74) is 16.1. The zero-order valence-electron chi connectivity index (χ0n) is 27.1. The molecule has 0 radical (unpaired) electrons. The molecule has 0 aromatic heterocycles. The van der Waals surface area contributed by atoms with Crippen molar-refractivity contribution in [2.45, 2.75) is 16.2 Å². The Morgan fingerprint density at radius 3 is 2.14 bits per heavy atom. The zero-order chi connectivity index (χ0) is 32.5. The summed E-state index contributed by atoms with van der Waals surface area (Å²) in [6.45, 7) is 0.00996. The molecule has 4 aliphatic heterocycles. The minimum absolute atomic E-state index is 0.00996. The SMILES string of the molecule is c1ccc(-c2ccc(N3B4c5cccc6c5N(c5cc7ccccc7c(c54)-c4ccc5ccccc5c43)C3c4ccccc4SC63)cc2)cc1. The second-order valence-electron chi connectivity index (χ2n) is 13.9. The first-order chi connectivity index (χ1) is 24.8. The summed E-state index contributed by atoms with van der Waals surface area (Å²) in [7, 11) is 0. The summed E-state index contributed by atoms with van der Waals surface area (Å²) in [6.07, 6.45) is 0. The van der Waals surface area contributed by atoms with E-state index in [0.717, 1.165) is 0 Å². The van der Waals surface area contributed by atoms with Crippen molar-refractivity contribution >= 4 is 73.8 Å². The Kier molecular flexibility index (Phi) is 5.40. The third kappa shape index (κ3) is 3.46. The predicted octanol–water partition coefficient (Wildman–Crippen LogP) is 10.9. The molecule has 0 saturated carbocycles. The van der Waals surface area contributed by atoms with Gasteiger partial charge >= 0.3 is 6.85 Å². The molecular formula is C46H29BN2S. The Morgan fingerprint density at radius 2 is 1.26 bits per heavy atom. The maximum atomic E-state index is 2.73. The van der Waals surface area contributed by atoms with E-state index >= 15 is 0 Å². The van der Waals surface area contributed by atoms with Crippen LogP contribution in [0.25, 0.3) is 43.8 Å². The highest BCUT2D eigenvalue weighted by atomic mass is 32.2. The number of para-hydroxylation sites is 1. The van der Waals surface area contributed by atoms with Gasteiger partial charge in [-0.05, 0) is 79.2 Å². The van der Waals surface area contributed by atoms with E-state index in [0.29, 0.717) is 5.25 Å². The molecule has 0 fully saturated rings. The van der Waals surface area contributed by atoms with E-state index in [1.807, 2.05) is 11.8 Å². The van der Waals surface area contributed by atoms with E-state index in [4.69, 9.17) is 0 Å². The molecule has 0 amide bonds. The summed E-state index contributed by atoms with van der Waals surface area (Å²) in [6, 6.07) is 61.7. The lowest BCUT2D eigenvalue weighted by Gasteiger charge is -2.46. The van der Waals surface area contributed by atoms with Crippen LogP contribution >= 0.6 is 11.8 Å². The first-order valence-corrected chi connectivity index (χ1v) is 18.4. The average molecular weight is 653 g/mol. The highest BCUT2D eigenvalue weighted by molar-refractivity contribution is 8.00. The van der Waals surface area contributed by atoms with Crippen molar-refractivity contribution in [3.8, 4) is 22.3 Å². The van der Waals surface area contributed by atoms with Gasteiger partial charge in [0.05, 0.1) is 11.3 Å². The van der Waals surface area contributed by atoms with E-state index in [-0.39, 0.29) is 12.9 Å². The number of nitrogens with zero attached hydrogens (tertiary/aromatic N) is 2. The second kappa shape index (κ2) is 9.93. The van der Waals surface area contributed by atoms with Gasteiger partial charge in [-0.3, -0.25) is 0 Å². The number of benzene rings is 8. The lowest BCUT2D eigenvalue weighted by Crippen LogP contribution is -2.62. The highest BCUT2D eigenvalue weighted by Crippen LogP contribution is 2.65. The monoisotopic (exact) mass is 652 g/mol. The number of hydrogen-bond acceptors (Lipinski definition) is 3. The maximum Gasteiger partial charge on any atom is 0.333 e. The molecule has 12 rings (SSSR count). The Labute approximate surface area is 295 Å². The van der Waals surface area contributed by atoms with Gasteiger partial charge in [-0.15, -0.1) is 11.8 Å². The van der Waals surface area contributed by atoms with Crippen molar-refractivity contribution in [3.63, 3.8) is 0 Å². The first kappa shape index (κ1) is 27.2. The van der Waals surface area contributed by atoms with Crippen molar-refractivity contribution in [1.29, 1.82) is 0 Å². The smallest absolute Gasteiger partial charge is 0.333 e. The normalized spacial score (nSPS) is 17.4. The van der Waals surface area contributed by atoms with E-state index in [1.54, 1.807) is 0 Å². The Hall–Kier alpha value is -5.71. The third-order valence-corrected chi connectivity index (χ3v) is 12.9. The third-order valence-electron chi connectivity index (χ3n) is 11.5. The summed E-state index contributed by atoms with van der Waals surface area (Å²) in [5.74, 6) is 0. The van der Waals surface area contributed by atoms with Gasteiger partial charge in [0, 0.05) is 38.6 Å². The minimum Gasteiger partial charge on any atom is -0.376 e. The van der Waals surface area contributed by atoms with Gasteiger partial charge in [0.15, 0.2) is 0 Å². The first-order valence-electron chi connectivity index (χ1n) is 17.5. The Bertz CT molecular complexity index is 2720. The van der Waals surface area contributed by atoms with Crippen LogP contribution in [0.3, 0.4) is 0 Å². The largest absolute Gasteiger partial charge is 0.376 e. The molecule has 8 aromatic rings. The van der Waals surface area contributed by atoms with Gasteiger partial charge in [-0.25, -0.2) is 0 Å². The van der Waals surface area contributed by atoms with Crippen LogP contribution in [0, 0.1) is 0 Å². The molecule has 8 aromatic carbocycles. The standard InChI is InChI=1S/C46H29BN2S/c1-2-11-28(12-3-1)29-21-24-32(25-22-29)49-43-34-16-7-4-13-30(34)23-26-36(43)41-33-15-6-5-14-31(33)27-39-42(41)47(49)38-19-10-18-37-44(38)48(39)45-35-17-8-9-20-40(35)50-46(37)45/h1-27,45-46H. The van der Waals surface area contributed by atoms with Crippen molar-refractivity contribution in [2.75, 3.05) is 9.71 Å². The quantitative estimate of drug-likeness (QED) is 0.172. The van der Waals surface area contributed by atoms with Crippen LogP contribution in [0.15, 0.2) is 169 Å². The van der Waals surface area contributed by atoms with Crippen LogP contribution in [0.5, 0.6) is 0 Å². The van der Waals surface area contributed by atoms with E-state index < -0.39 is 0 Å². The molecule has 50 heavy (non-hydrogen) atoms. The fraction of sp³-hybridized carbons (Fsp3) is 0.0435. The van der Waals surface area contributed by atoms with Crippen LogP contribution in [-0.2, 0) is 0 Å². The summed E-state index contributed by atoms with van der Waals surface area (Å²) in [5, 5.41) is 5.52. The lowest BCUT2D eigenvalue weighted by molar-refractivity contribution is 0.738. The number of fused-ring (bicyclic) bond motifs is 13. The summed E-state index contributed by atoms with van der Waals surface area (Å²) in [4.78, 5) is 6.82. The number of rotatable bonds is 2. The fourth-order valence-electron chi connectivity index (χ4n) is 9.53. The molecular weight excluding hydrogens is 623 g/mol. The molecule has 232 valence electrons. The molecule has 0 spiro atoms. The Morgan fingerprint density at radius 1 is 0.540 bits per heavy atom. The van der Waals surface area contributed by atoms with Gasteiger partial charge in [-0.2, -0.15) is 0 Å². The number of thioether (sulfide) groups is 1. The van der Waals surface area contributed by atoms with Gasteiger partial charge in [0.1, 0.15) is 0 Å². The van der Waals surface area contributed by atoms with Crippen molar-refractivity contribution in [1.82, 2.24) is 0 Å². The molecule has 2 unspecified atom stereocenters.